The number of nitrogens with zero attached hydrogens (tertiary/aromatic N) is 3. The van der Waals surface area contributed by atoms with Crippen molar-refractivity contribution in [3.63, 3.8) is 0 Å². The van der Waals surface area contributed by atoms with Crippen molar-refractivity contribution < 1.29 is 26.3 Å². The van der Waals surface area contributed by atoms with E-state index in [2.05, 4.69) is 10.3 Å². The smallest absolute Gasteiger partial charge is 0.382 e. The Kier molecular flexibility index (Phi) is 5.88. The van der Waals surface area contributed by atoms with Gasteiger partial charge in [0.15, 0.2) is 0 Å². The van der Waals surface area contributed by atoms with Crippen molar-refractivity contribution in [3.8, 4) is 0 Å². The van der Waals surface area contributed by atoms with E-state index in [0.717, 1.165) is 12.1 Å². The highest BCUT2D eigenvalue weighted by atomic mass is 32.2. The second kappa shape index (κ2) is 8.29. The highest BCUT2D eigenvalue weighted by molar-refractivity contribution is 7.86. The van der Waals surface area contributed by atoms with Crippen LogP contribution in [-0.4, -0.2) is 67.4 Å². The van der Waals surface area contributed by atoms with Crippen molar-refractivity contribution in [2.45, 2.75) is 25.1 Å². The van der Waals surface area contributed by atoms with Gasteiger partial charge in [0, 0.05) is 49.5 Å². The Labute approximate surface area is 173 Å². The zero-order valence-electron chi connectivity index (χ0n) is 16.2. The van der Waals surface area contributed by atoms with Gasteiger partial charge in [-0.15, -0.1) is 0 Å². The van der Waals surface area contributed by atoms with Crippen LogP contribution in [0.5, 0.6) is 0 Å². The van der Waals surface area contributed by atoms with Gasteiger partial charge < -0.3 is 10.1 Å². The molecule has 0 amide bonds. The molecule has 11 heteroatoms. The van der Waals surface area contributed by atoms with Crippen LogP contribution in [0.15, 0.2) is 30.5 Å². The molecule has 3 heterocycles. The maximum atomic E-state index is 12.9. The molecule has 1 N–H and O–H groups in total. The Morgan fingerprint density at radius 3 is 2.37 bits per heavy atom. The van der Waals surface area contributed by atoms with E-state index in [-0.39, 0.29) is 11.6 Å². The fourth-order valence-electron chi connectivity index (χ4n) is 3.84. The fraction of sp³-hybridized carbons (Fsp3) is 0.526. The lowest BCUT2D eigenvalue weighted by Gasteiger charge is -2.36. The van der Waals surface area contributed by atoms with Crippen LogP contribution in [0, 0.1) is 0 Å². The monoisotopic (exact) mass is 444 g/mol. The number of hydrogen-bond acceptors (Lipinski definition) is 5. The number of ether oxygens (including phenoxy) is 1. The van der Waals surface area contributed by atoms with Gasteiger partial charge in [-0.3, -0.25) is 4.98 Å². The lowest BCUT2D eigenvalue weighted by Crippen LogP contribution is -2.51. The topological polar surface area (TPSA) is 74.8 Å². The Hall–Kier alpha value is -1.95. The molecule has 2 aliphatic rings. The van der Waals surface area contributed by atoms with Crippen molar-refractivity contribution >= 4 is 26.8 Å². The molecule has 2 saturated heterocycles. The number of fused-ring (bicyclic) bond motifs is 1. The zero-order chi connectivity index (χ0) is 21.4. The van der Waals surface area contributed by atoms with E-state index in [1.54, 1.807) is 6.07 Å². The fourth-order valence-corrected chi connectivity index (χ4v) is 5.45. The first kappa shape index (κ1) is 21.3. The summed E-state index contributed by atoms with van der Waals surface area (Å²) in [6, 6.07) is 5.26. The van der Waals surface area contributed by atoms with Gasteiger partial charge in [-0.1, -0.05) is 6.07 Å². The minimum atomic E-state index is -4.42. The molecule has 0 radical (unpaired) electrons. The van der Waals surface area contributed by atoms with E-state index < -0.39 is 21.9 Å². The third-order valence-electron chi connectivity index (χ3n) is 5.51. The van der Waals surface area contributed by atoms with Crippen LogP contribution < -0.4 is 5.32 Å². The molecule has 0 bridgehead atoms. The highest BCUT2D eigenvalue weighted by Crippen LogP contribution is 2.33. The van der Waals surface area contributed by atoms with Crippen molar-refractivity contribution in [1.82, 2.24) is 13.6 Å². The average molecular weight is 444 g/mol. The number of hydrogen-bond donors (Lipinski definition) is 1. The lowest BCUT2D eigenvalue weighted by atomic mass is 10.0. The summed E-state index contributed by atoms with van der Waals surface area (Å²) in [4.78, 5) is 4.06. The molecule has 7 nitrogen and oxygen atoms in total. The van der Waals surface area contributed by atoms with Crippen LogP contribution >= 0.6 is 0 Å². The lowest BCUT2D eigenvalue weighted by molar-refractivity contribution is -0.137. The molecule has 2 aromatic rings. The van der Waals surface area contributed by atoms with Crippen molar-refractivity contribution in [3.05, 3.63) is 36.0 Å². The SMILES string of the molecule is O=S(=O)(N1CCOCC1)N1CCC(Nc2ccnc3cc(C(F)(F)F)ccc23)CC1. The minimum absolute atomic E-state index is 0.0223. The number of anilines is 1. The van der Waals surface area contributed by atoms with E-state index in [4.69, 9.17) is 4.74 Å². The molecular formula is C19H23F3N4O3S. The normalized spacial score (nSPS) is 20.5. The number of rotatable bonds is 4. The maximum absolute atomic E-state index is 12.9. The van der Waals surface area contributed by atoms with Gasteiger partial charge in [0.05, 0.1) is 24.3 Å². The van der Waals surface area contributed by atoms with Gasteiger partial charge >= 0.3 is 6.18 Å². The zero-order valence-corrected chi connectivity index (χ0v) is 17.0. The van der Waals surface area contributed by atoms with Crippen LogP contribution in [0.25, 0.3) is 10.9 Å². The first-order valence-electron chi connectivity index (χ1n) is 9.80. The maximum Gasteiger partial charge on any atom is 0.416 e. The largest absolute Gasteiger partial charge is 0.416 e. The van der Waals surface area contributed by atoms with E-state index in [1.165, 1.54) is 20.9 Å². The Morgan fingerprint density at radius 2 is 1.70 bits per heavy atom. The number of morpholine rings is 1. The standard InChI is InChI=1S/C19H23F3N4O3S/c20-19(21,22)14-1-2-16-17(3-6-23-18(16)13-14)24-15-4-7-25(8-5-15)30(27,28)26-9-11-29-12-10-26/h1-3,6,13,15H,4-5,7-12H2,(H,23,24). The number of aromatic nitrogens is 1. The molecule has 0 saturated carbocycles. The van der Waals surface area contributed by atoms with E-state index in [1.807, 2.05) is 0 Å². The number of pyridine rings is 1. The van der Waals surface area contributed by atoms with Gasteiger partial charge in [-0.2, -0.15) is 30.2 Å². The Bertz CT molecular complexity index is 1000. The van der Waals surface area contributed by atoms with Gasteiger partial charge in [0.2, 0.25) is 0 Å². The predicted molar refractivity (Wildman–Crippen MR) is 106 cm³/mol. The number of piperidine rings is 1. The molecule has 0 spiro atoms. The highest BCUT2D eigenvalue weighted by Gasteiger charge is 2.34. The number of alkyl halides is 3. The van der Waals surface area contributed by atoms with Crippen LogP contribution in [0.2, 0.25) is 0 Å². The molecule has 164 valence electrons. The van der Waals surface area contributed by atoms with E-state index in [0.29, 0.717) is 63.3 Å². The second-order valence-electron chi connectivity index (χ2n) is 7.43. The number of nitrogens with one attached hydrogen (secondary N) is 1. The Balaban J connectivity index is 1.43. The quantitative estimate of drug-likeness (QED) is 0.785. The van der Waals surface area contributed by atoms with Crippen LogP contribution in [0.4, 0.5) is 18.9 Å². The summed E-state index contributed by atoms with van der Waals surface area (Å²) >= 11 is 0. The molecule has 0 atom stereocenters. The predicted octanol–water partition coefficient (Wildman–Crippen LogP) is 2.71. The molecule has 1 aromatic carbocycles. The summed E-state index contributed by atoms with van der Waals surface area (Å²) in [6.07, 6.45) is -1.73. The van der Waals surface area contributed by atoms with Crippen molar-refractivity contribution in [2.75, 3.05) is 44.7 Å². The van der Waals surface area contributed by atoms with Gasteiger partial charge in [-0.05, 0) is 31.0 Å². The molecule has 4 rings (SSSR count). The molecule has 2 aliphatic heterocycles. The first-order valence-corrected chi connectivity index (χ1v) is 11.2. The summed E-state index contributed by atoms with van der Waals surface area (Å²) in [5.74, 6) is 0. The van der Waals surface area contributed by atoms with Gasteiger partial charge in [0.25, 0.3) is 10.2 Å². The number of halogens is 3. The molecule has 30 heavy (non-hydrogen) atoms. The second-order valence-corrected chi connectivity index (χ2v) is 9.35. The minimum Gasteiger partial charge on any atom is -0.382 e. The third-order valence-corrected chi connectivity index (χ3v) is 7.54. The summed E-state index contributed by atoms with van der Waals surface area (Å²) in [5.41, 5.74) is 0.228. The molecule has 2 fully saturated rings. The summed E-state index contributed by atoms with van der Waals surface area (Å²) in [5, 5.41) is 3.96. The van der Waals surface area contributed by atoms with Gasteiger partial charge in [0.1, 0.15) is 0 Å². The van der Waals surface area contributed by atoms with Crippen LogP contribution in [0.3, 0.4) is 0 Å². The first-order chi connectivity index (χ1) is 14.2. The van der Waals surface area contributed by atoms with E-state index >= 15 is 0 Å². The molecule has 1 aromatic heterocycles. The van der Waals surface area contributed by atoms with Crippen molar-refractivity contribution in [1.29, 1.82) is 0 Å². The summed E-state index contributed by atoms with van der Waals surface area (Å²) in [6.45, 7) is 2.31. The third kappa shape index (κ3) is 4.39. The molecule has 0 unspecified atom stereocenters. The molecular weight excluding hydrogens is 421 g/mol. The van der Waals surface area contributed by atoms with E-state index in [9.17, 15) is 21.6 Å². The molecule has 0 aliphatic carbocycles. The van der Waals surface area contributed by atoms with Crippen LogP contribution in [-0.2, 0) is 21.1 Å². The Morgan fingerprint density at radius 1 is 1.03 bits per heavy atom. The van der Waals surface area contributed by atoms with Crippen LogP contribution in [0.1, 0.15) is 18.4 Å². The van der Waals surface area contributed by atoms with Crippen molar-refractivity contribution in [2.24, 2.45) is 0 Å². The van der Waals surface area contributed by atoms with Gasteiger partial charge in [-0.25, -0.2) is 0 Å². The number of benzene rings is 1. The summed E-state index contributed by atoms with van der Waals surface area (Å²) < 4.78 is 72.6. The summed E-state index contributed by atoms with van der Waals surface area (Å²) in [7, 11) is -3.49. The average Bonchev–Trinajstić information content (AvgIpc) is 2.74.